The van der Waals surface area contributed by atoms with Crippen molar-refractivity contribution in [2.45, 2.75) is 297 Å². The fourth-order valence-corrected chi connectivity index (χ4v) is 8.19. The minimum atomic E-state index is -0.786. The number of unbranched alkanes of at least 4 members (excludes halogenated alkanes) is 31. The van der Waals surface area contributed by atoms with E-state index in [0.717, 1.165) is 89.9 Å². The van der Waals surface area contributed by atoms with Gasteiger partial charge in [0.25, 0.3) is 0 Å². The average Bonchev–Trinajstić information content (AvgIpc) is 3.33. The van der Waals surface area contributed by atoms with Gasteiger partial charge in [-0.15, -0.1) is 0 Å². The predicted molar refractivity (Wildman–Crippen MR) is 288 cm³/mol. The molecule has 0 aliphatic heterocycles. The maximum atomic E-state index is 12.8. The zero-order valence-electron chi connectivity index (χ0n) is 44.4. The highest BCUT2D eigenvalue weighted by atomic mass is 16.6. The van der Waals surface area contributed by atoms with E-state index >= 15 is 0 Å². The van der Waals surface area contributed by atoms with Gasteiger partial charge in [0.2, 0.25) is 0 Å². The van der Waals surface area contributed by atoms with Crippen LogP contribution in [0.2, 0.25) is 0 Å². The minimum absolute atomic E-state index is 0.0836. The molecule has 6 heteroatoms. The highest BCUT2D eigenvalue weighted by Crippen LogP contribution is 2.16. The van der Waals surface area contributed by atoms with E-state index < -0.39 is 6.10 Å². The second-order valence-electron chi connectivity index (χ2n) is 19.2. The number of hydrogen-bond acceptors (Lipinski definition) is 6. The van der Waals surface area contributed by atoms with Crippen molar-refractivity contribution in [1.82, 2.24) is 0 Å². The van der Waals surface area contributed by atoms with E-state index in [9.17, 15) is 14.4 Å². The molecule has 0 bridgehead atoms. The lowest BCUT2D eigenvalue weighted by molar-refractivity contribution is -0.167. The Morgan fingerprint density at radius 1 is 0.313 bits per heavy atom. The Hall–Kier alpha value is -2.89. The molecule has 0 rings (SSSR count). The molecular weight excluding hydrogens is 829 g/mol. The van der Waals surface area contributed by atoms with Gasteiger partial charge in [-0.2, -0.15) is 0 Å². The molecule has 0 aliphatic rings. The highest BCUT2D eigenvalue weighted by Gasteiger charge is 2.19. The Morgan fingerprint density at radius 2 is 0.582 bits per heavy atom. The summed E-state index contributed by atoms with van der Waals surface area (Å²) < 4.78 is 16.8. The summed E-state index contributed by atoms with van der Waals surface area (Å²) >= 11 is 0. The van der Waals surface area contributed by atoms with Crippen LogP contribution >= 0.6 is 0 Å². The first-order chi connectivity index (χ1) is 33.0. The maximum Gasteiger partial charge on any atom is 0.306 e. The molecular formula is C61H108O6. The smallest absolute Gasteiger partial charge is 0.306 e. The Labute approximate surface area is 415 Å². The van der Waals surface area contributed by atoms with Gasteiger partial charge in [-0.3, -0.25) is 14.4 Å². The highest BCUT2D eigenvalue weighted by molar-refractivity contribution is 5.71. The molecule has 1 unspecified atom stereocenters. The molecule has 0 saturated carbocycles. The summed E-state index contributed by atoms with van der Waals surface area (Å²) in [7, 11) is 0. The third-order valence-corrected chi connectivity index (χ3v) is 12.5. The predicted octanol–water partition coefficient (Wildman–Crippen LogP) is 19.2. The molecule has 0 aromatic rings. The summed E-state index contributed by atoms with van der Waals surface area (Å²) in [5, 5.41) is 0. The fraction of sp³-hybridized carbons (Fsp3) is 0.787. The Bertz CT molecular complexity index is 1210. The van der Waals surface area contributed by atoms with Crippen LogP contribution in [0.1, 0.15) is 290 Å². The summed E-state index contributed by atoms with van der Waals surface area (Å²) in [5.74, 6) is -0.906. The van der Waals surface area contributed by atoms with Crippen LogP contribution in [0.4, 0.5) is 0 Å². The van der Waals surface area contributed by atoms with E-state index in [2.05, 4.69) is 81.5 Å². The van der Waals surface area contributed by atoms with Crippen molar-refractivity contribution < 1.29 is 28.6 Å². The number of allylic oxidation sites excluding steroid dienone is 10. The van der Waals surface area contributed by atoms with Crippen molar-refractivity contribution in [3.63, 3.8) is 0 Å². The third-order valence-electron chi connectivity index (χ3n) is 12.5. The largest absolute Gasteiger partial charge is 0.462 e. The fourth-order valence-electron chi connectivity index (χ4n) is 8.19. The van der Waals surface area contributed by atoms with E-state index in [1.807, 2.05) is 0 Å². The molecule has 6 nitrogen and oxygen atoms in total. The van der Waals surface area contributed by atoms with Crippen LogP contribution in [0.25, 0.3) is 0 Å². The van der Waals surface area contributed by atoms with Gasteiger partial charge in [0.05, 0.1) is 0 Å². The summed E-state index contributed by atoms with van der Waals surface area (Å²) in [4.78, 5) is 38.1. The van der Waals surface area contributed by atoms with Gasteiger partial charge in [-0.05, 0) is 83.5 Å². The van der Waals surface area contributed by atoms with Crippen molar-refractivity contribution in [3.05, 3.63) is 60.8 Å². The molecule has 0 N–H and O–H groups in total. The van der Waals surface area contributed by atoms with Crippen molar-refractivity contribution in [2.24, 2.45) is 0 Å². The summed E-state index contributed by atoms with van der Waals surface area (Å²) in [6.45, 7) is 6.51. The van der Waals surface area contributed by atoms with Crippen LogP contribution in [0.3, 0.4) is 0 Å². The van der Waals surface area contributed by atoms with E-state index in [1.54, 1.807) is 0 Å². The average molecular weight is 938 g/mol. The van der Waals surface area contributed by atoms with E-state index in [1.165, 1.54) is 161 Å². The summed E-state index contributed by atoms with van der Waals surface area (Å²) in [6, 6.07) is 0. The lowest BCUT2D eigenvalue weighted by atomic mass is 10.0. The van der Waals surface area contributed by atoms with Crippen molar-refractivity contribution in [3.8, 4) is 0 Å². The molecule has 388 valence electrons. The molecule has 0 saturated heterocycles. The van der Waals surface area contributed by atoms with Gasteiger partial charge in [0, 0.05) is 19.3 Å². The molecule has 1 atom stereocenters. The van der Waals surface area contributed by atoms with Gasteiger partial charge < -0.3 is 14.2 Å². The topological polar surface area (TPSA) is 78.9 Å². The molecule has 0 aromatic heterocycles. The summed E-state index contributed by atoms with van der Waals surface area (Å²) in [6.07, 6.45) is 69.3. The van der Waals surface area contributed by atoms with Gasteiger partial charge in [0.15, 0.2) is 6.10 Å². The molecule has 0 amide bonds. The number of hydrogen-bond donors (Lipinski definition) is 0. The van der Waals surface area contributed by atoms with Crippen LogP contribution in [-0.2, 0) is 28.6 Å². The standard InChI is InChI=1S/C61H108O6/c1-4-7-10-13-16-19-22-25-27-28-29-30-31-32-34-36-39-42-45-48-51-54-60(63)66-57-58(56-65-59(62)53-50-47-44-41-38-35-24-21-18-15-12-9-6-3)67-61(64)55-52-49-46-43-40-37-33-26-23-20-17-14-11-8-5-2/h9,12,18,21-22,25,28-29,35,38,58H,4-8,10-11,13-17,19-20,23-24,26-27,30-34,36-37,39-57H2,1-3H3/b12-9-,21-18-,25-22-,29-28-,38-35-. The maximum absolute atomic E-state index is 12.8. The number of carbonyl (C=O) groups is 3. The second-order valence-corrected chi connectivity index (χ2v) is 19.2. The van der Waals surface area contributed by atoms with Crippen molar-refractivity contribution in [1.29, 1.82) is 0 Å². The molecule has 0 spiro atoms. The zero-order valence-corrected chi connectivity index (χ0v) is 44.4. The third kappa shape index (κ3) is 53.9. The van der Waals surface area contributed by atoms with E-state index in [0.29, 0.717) is 19.3 Å². The molecule has 0 aromatic carbocycles. The molecule has 0 heterocycles. The van der Waals surface area contributed by atoms with Crippen LogP contribution in [0.5, 0.6) is 0 Å². The van der Waals surface area contributed by atoms with E-state index in [4.69, 9.17) is 14.2 Å². The summed E-state index contributed by atoms with van der Waals surface area (Å²) in [5.41, 5.74) is 0. The van der Waals surface area contributed by atoms with Crippen LogP contribution in [0.15, 0.2) is 60.8 Å². The molecule has 0 radical (unpaired) electrons. The lowest BCUT2D eigenvalue weighted by Gasteiger charge is -2.18. The second kappa shape index (κ2) is 55.7. The number of esters is 3. The van der Waals surface area contributed by atoms with Crippen LogP contribution in [0, 0.1) is 0 Å². The van der Waals surface area contributed by atoms with Crippen molar-refractivity contribution >= 4 is 17.9 Å². The minimum Gasteiger partial charge on any atom is -0.462 e. The first kappa shape index (κ1) is 64.1. The van der Waals surface area contributed by atoms with E-state index in [-0.39, 0.29) is 31.1 Å². The number of ether oxygens (including phenoxy) is 3. The van der Waals surface area contributed by atoms with Crippen LogP contribution in [-0.4, -0.2) is 37.2 Å². The van der Waals surface area contributed by atoms with Crippen LogP contribution < -0.4 is 0 Å². The SMILES string of the molecule is CC/C=C\C/C=C\C/C=C\CCCCCC(=O)OCC(COC(=O)CCCCCCCCCCC/C=C\C/C=C\CCCCCCC)OC(=O)CCCCCCCCCCCCCCCCC. The Morgan fingerprint density at radius 3 is 0.925 bits per heavy atom. The first-order valence-electron chi connectivity index (χ1n) is 28.8. The van der Waals surface area contributed by atoms with Gasteiger partial charge in [-0.25, -0.2) is 0 Å². The van der Waals surface area contributed by atoms with Gasteiger partial charge in [0.1, 0.15) is 13.2 Å². The Kier molecular flexibility index (Phi) is 53.3. The normalized spacial score (nSPS) is 12.5. The molecule has 67 heavy (non-hydrogen) atoms. The monoisotopic (exact) mass is 937 g/mol. The lowest BCUT2D eigenvalue weighted by Crippen LogP contribution is -2.30. The van der Waals surface area contributed by atoms with Gasteiger partial charge >= 0.3 is 17.9 Å². The first-order valence-corrected chi connectivity index (χ1v) is 28.8. The zero-order chi connectivity index (χ0) is 48.6. The van der Waals surface area contributed by atoms with Gasteiger partial charge in [-0.1, -0.05) is 248 Å². The quantitative estimate of drug-likeness (QED) is 0.0262. The number of rotatable bonds is 52. The molecule has 0 aliphatic carbocycles. The Balaban J connectivity index is 4.34. The number of carbonyl (C=O) groups excluding carboxylic acids is 3. The van der Waals surface area contributed by atoms with Crippen molar-refractivity contribution in [2.75, 3.05) is 13.2 Å². The molecule has 0 fully saturated rings.